The Kier molecular flexibility index (Phi) is 6.66. The third kappa shape index (κ3) is 5.00. The van der Waals surface area contributed by atoms with Crippen molar-refractivity contribution in [3.05, 3.63) is 58.4 Å². The van der Waals surface area contributed by atoms with Crippen molar-refractivity contribution in [1.82, 2.24) is 9.88 Å². The van der Waals surface area contributed by atoms with Gasteiger partial charge in [0.1, 0.15) is 5.75 Å². The van der Waals surface area contributed by atoms with Gasteiger partial charge < -0.3 is 15.0 Å². The van der Waals surface area contributed by atoms with Gasteiger partial charge in [-0.2, -0.15) is 0 Å². The summed E-state index contributed by atoms with van der Waals surface area (Å²) in [6, 6.07) is 16.0. The molecular weight excluding hydrogens is 464 g/mol. The van der Waals surface area contributed by atoms with Crippen LogP contribution in [0.1, 0.15) is 0 Å². The molecule has 0 atom stereocenters. The summed E-state index contributed by atoms with van der Waals surface area (Å²) in [6.07, 6.45) is 0. The molecule has 4 rings (SSSR count). The standard InChI is InChI=1S/C22H23BrN4O2S/c1-29-20-5-3-2-4-19(20)27-12-10-26(11-13-27)14-21(28)25-22-24-18(15-30-22)16-6-8-17(23)9-7-16/h2-9,15H,10-14H2,1H3,(H,24,25,28). The highest BCUT2D eigenvalue weighted by molar-refractivity contribution is 9.10. The topological polar surface area (TPSA) is 57.7 Å². The van der Waals surface area contributed by atoms with Crippen molar-refractivity contribution in [1.29, 1.82) is 0 Å². The Morgan fingerprint density at radius 2 is 1.87 bits per heavy atom. The molecule has 0 aliphatic carbocycles. The summed E-state index contributed by atoms with van der Waals surface area (Å²) in [6.45, 7) is 3.74. The second-order valence-electron chi connectivity index (χ2n) is 7.03. The number of benzene rings is 2. The third-order valence-corrected chi connectivity index (χ3v) is 6.34. The molecule has 3 aromatic rings. The highest BCUT2D eigenvalue weighted by Crippen LogP contribution is 2.28. The van der Waals surface area contributed by atoms with Gasteiger partial charge in [-0.25, -0.2) is 4.98 Å². The Morgan fingerprint density at radius 3 is 2.60 bits per heavy atom. The minimum atomic E-state index is -0.0301. The van der Waals surface area contributed by atoms with Gasteiger partial charge in [0.25, 0.3) is 0 Å². The fraction of sp³-hybridized carbons (Fsp3) is 0.273. The number of aromatic nitrogens is 1. The Labute approximate surface area is 188 Å². The number of methoxy groups -OCH3 is 1. The van der Waals surface area contributed by atoms with E-state index in [1.807, 2.05) is 47.8 Å². The Bertz CT molecular complexity index is 1000. The van der Waals surface area contributed by atoms with Crippen molar-refractivity contribution in [2.75, 3.05) is 50.1 Å². The number of para-hydroxylation sites is 2. The van der Waals surface area contributed by atoms with Gasteiger partial charge in [-0.15, -0.1) is 11.3 Å². The molecule has 0 spiro atoms. The molecule has 0 unspecified atom stereocenters. The van der Waals surface area contributed by atoms with Crippen LogP contribution in [0.2, 0.25) is 0 Å². The highest BCUT2D eigenvalue weighted by Gasteiger charge is 2.21. The maximum Gasteiger partial charge on any atom is 0.240 e. The number of carbonyl (C=O) groups is 1. The maximum atomic E-state index is 12.5. The van der Waals surface area contributed by atoms with E-state index in [4.69, 9.17) is 4.74 Å². The first-order valence-corrected chi connectivity index (χ1v) is 11.4. The SMILES string of the molecule is COc1ccccc1N1CCN(CC(=O)Nc2nc(-c3ccc(Br)cc3)cs2)CC1. The lowest BCUT2D eigenvalue weighted by atomic mass is 10.2. The van der Waals surface area contributed by atoms with Gasteiger partial charge >= 0.3 is 0 Å². The van der Waals surface area contributed by atoms with Gasteiger partial charge in [-0.05, 0) is 24.3 Å². The first kappa shape index (κ1) is 20.8. The number of hydrogen-bond donors (Lipinski definition) is 1. The smallest absolute Gasteiger partial charge is 0.240 e. The summed E-state index contributed by atoms with van der Waals surface area (Å²) in [7, 11) is 1.69. The van der Waals surface area contributed by atoms with Crippen LogP contribution in [0.5, 0.6) is 5.75 Å². The third-order valence-electron chi connectivity index (χ3n) is 5.06. The van der Waals surface area contributed by atoms with Gasteiger partial charge in [0.15, 0.2) is 5.13 Å². The molecule has 2 aromatic carbocycles. The van der Waals surface area contributed by atoms with Crippen molar-refractivity contribution >= 4 is 44.0 Å². The van der Waals surface area contributed by atoms with Gasteiger partial charge in [0, 0.05) is 41.6 Å². The summed E-state index contributed by atoms with van der Waals surface area (Å²) >= 11 is 4.88. The predicted octanol–water partition coefficient (Wildman–Crippen LogP) is 4.34. The molecule has 0 radical (unpaired) electrons. The fourth-order valence-electron chi connectivity index (χ4n) is 3.48. The lowest BCUT2D eigenvalue weighted by Crippen LogP contribution is -2.48. The quantitative estimate of drug-likeness (QED) is 0.561. The van der Waals surface area contributed by atoms with E-state index in [2.05, 4.69) is 42.1 Å². The molecule has 30 heavy (non-hydrogen) atoms. The minimum absolute atomic E-state index is 0.0301. The van der Waals surface area contributed by atoms with Crippen LogP contribution in [-0.4, -0.2) is 55.6 Å². The normalized spacial score (nSPS) is 14.5. The molecule has 0 bridgehead atoms. The summed E-state index contributed by atoms with van der Waals surface area (Å²) < 4.78 is 6.50. The largest absolute Gasteiger partial charge is 0.495 e. The van der Waals surface area contributed by atoms with Gasteiger partial charge in [-0.3, -0.25) is 9.69 Å². The van der Waals surface area contributed by atoms with Crippen LogP contribution < -0.4 is 15.0 Å². The van der Waals surface area contributed by atoms with E-state index < -0.39 is 0 Å². The van der Waals surface area contributed by atoms with Crippen LogP contribution in [0.3, 0.4) is 0 Å². The summed E-state index contributed by atoms with van der Waals surface area (Å²) in [5.74, 6) is 0.853. The number of nitrogens with one attached hydrogen (secondary N) is 1. The van der Waals surface area contributed by atoms with Crippen LogP contribution in [0.25, 0.3) is 11.3 Å². The lowest BCUT2D eigenvalue weighted by Gasteiger charge is -2.36. The lowest BCUT2D eigenvalue weighted by molar-refractivity contribution is -0.117. The number of rotatable bonds is 6. The summed E-state index contributed by atoms with van der Waals surface area (Å²) in [4.78, 5) is 21.5. The Balaban J connectivity index is 1.29. The van der Waals surface area contributed by atoms with Crippen LogP contribution in [0, 0.1) is 0 Å². The van der Waals surface area contributed by atoms with Gasteiger partial charge in [-0.1, -0.05) is 40.2 Å². The van der Waals surface area contributed by atoms with E-state index in [1.165, 1.54) is 11.3 Å². The fourth-order valence-corrected chi connectivity index (χ4v) is 4.48. The van der Waals surface area contributed by atoms with Crippen LogP contribution in [0.4, 0.5) is 10.8 Å². The number of hydrogen-bond acceptors (Lipinski definition) is 6. The molecule has 6 nitrogen and oxygen atoms in total. The Hall–Kier alpha value is -2.42. The van der Waals surface area contributed by atoms with Crippen molar-refractivity contribution < 1.29 is 9.53 Å². The minimum Gasteiger partial charge on any atom is -0.495 e. The summed E-state index contributed by atoms with van der Waals surface area (Å²) in [5.41, 5.74) is 3.00. The Morgan fingerprint density at radius 1 is 1.13 bits per heavy atom. The number of ether oxygens (including phenoxy) is 1. The van der Waals surface area contributed by atoms with Crippen molar-refractivity contribution in [3.63, 3.8) is 0 Å². The molecule has 1 N–H and O–H groups in total. The number of halogens is 1. The molecule has 8 heteroatoms. The molecule has 1 saturated heterocycles. The molecule has 156 valence electrons. The number of amides is 1. The monoisotopic (exact) mass is 486 g/mol. The van der Waals surface area contributed by atoms with Crippen molar-refractivity contribution in [2.45, 2.75) is 0 Å². The average Bonchev–Trinajstić information content (AvgIpc) is 3.23. The number of thiazole rings is 1. The molecule has 1 aliphatic heterocycles. The van der Waals surface area contributed by atoms with E-state index in [0.29, 0.717) is 11.7 Å². The molecule has 1 amide bonds. The number of piperazine rings is 1. The molecular formula is C22H23BrN4O2S. The first-order chi connectivity index (χ1) is 14.6. The van der Waals surface area contributed by atoms with E-state index in [-0.39, 0.29) is 5.91 Å². The van der Waals surface area contributed by atoms with Gasteiger partial charge in [0.05, 0.1) is 25.0 Å². The second-order valence-corrected chi connectivity index (χ2v) is 8.80. The highest BCUT2D eigenvalue weighted by atomic mass is 79.9. The zero-order valence-electron chi connectivity index (χ0n) is 16.7. The molecule has 2 heterocycles. The van der Waals surface area contributed by atoms with Gasteiger partial charge in [0.2, 0.25) is 5.91 Å². The zero-order valence-corrected chi connectivity index (χ0v) is 19.1. The average molecular weight is 487 g/mol. The zero-order chi connectivity index (χ0) is 20.9. The summed E-state index contributed by atoms with van der Waals surface area (Å²) in [5, 5.41) is 5.53. The predicted molar refractivity (Wildman–Crippen MR) is 126 cm³/mol. The number of nitrogens with zero attached hydrogens (tertiary/aromatic N) is 3. The van der Waals surface area contributed by atoms with Crippen molar-refractivity contribution in [2.24, 2.45) is 0 Å². The van der Waals surface area contributed by atoms with Crippen molar-refractivity contribution in [3.8, 4) is 17.0 Å². The van der Waals surface area contributed by atoms with E-state index in [1.54, 1.807) is 7.11 Å². The molecule has 1 aromatic heterocycles. The van der Waals surface area contributed by atoms with Crippen LogP contribution in [0.15, 0.2) is 58.4 Å². The second kappa shape index (κ2) is 9.59. The molecule has 1 aliphatic rings. The molecule has 1 fully saturated rings. The number of anilines is 2. The van der Waals surface area contributed by atoms with E-state index in [0.717, 1.165) is 53.3 Å². The van der Waals surface area contributed by atoms with Crippen LogP contribution >= 0.6 is 27.3 Å². The van der Waals surface area contributed by atoms with Crippen LogP contribution in [-0.2, 0) is 4.79 Å². The van der Waals surface area contributed by atoms with E-state index in [9.17, 15) is 4.79 Å². The number of carbonyl (C=O) groups excluding carboxylic acids is 1. The maximum absolute atomic E-state index is 12.5. The molecule has 0 saturated carbocycles. The van der Waals surface area contributed by atoms with E-state index >= 15 is 0 Å². The first-order valence-electron chi connectivity index (χ1n) is 9.74.